The molecular weight excluding hydrogens is 192 g/mol. The molecule has 2 N–H and O–H groups in total. The fraction of sp³-hybridized carbons (Fsp3) is 0.857. The summed E-state index contributed by atoms with van der Waals surface area (Å²) in [5.74, 6) is -0.281. The topological polar surface area (TPSA) is 80.5 Å². The number of nitrogens with two attached hydrogens (primary N) is 1. The minimum Gasteiger partial charge on any atom is -0.344 e. The number of amides is 1. The van der Waals surface area contributed by atoms with Crippen LogP contribution < -0.4 is 5.73 Å². The normalized spacial score (nSPS) is 11.3. The molecule has 13 heavy (non-hydrogen) atoms. The zero-order valence-corrected chi connectivity index (χ0v) is 8.80. The molecule has 0 heterocycles. The molecule has 0 aromatic carbocycles. The molecule has 0 radical (unpaired) electrons. The van der Waals surface area contributed by atoms with E-state index in [0.29, 0.717) is 13.1 Å². The van der Waals surface area contributed by atoms with Gasteiger partial charge < -0.3 is 10.6 Å². The van der Waals surface area contributed by atoms with E-state index in [9.17, 15) is 13.2 Å². The maximum absolute atomic E-state index is 11.2. The summed E-state index contributed by atoms with van der Waals surface area (Å²) in [7, 11) is -1.44. The van der Waals surface area contributed by atoms with E-state index in [4.69, 9.17) is 5.73 Å². The quantitative estimate of drug-likeness (QED) is 0.618. The largest absolute Gasteiger partial charge is 0.344 e. The third kappa shape index (κ3) is 6.53. The van der Waals surface area contributed by atoms with Gasteiger partial charge in [-0.15, -0.1) is 0 Å². The lowest BCUT2D eigenvalue weighted by Crippen LogP contribution is -2.32. The van der Waals surface area contributed by atoms with Gasteiger partial charge in [0.05, 0.1) is 5.75 Å². The molecule has 5 nitrogen and oxygen atoms in total. The summed E-state index contributed by atoms with van der Waals surface area (Å²) < 4.78 is 21.4. The van der Waals surface area contributed by atoms with E-state index < -0.39 is 9.84 Å². The molecule has 1 amide bonds. The first-order valence-corrected chi connectivity index (χ1v) is 6.04. The Kier molecular flexibility index (Phi) is 4.94. The van der Waals surface area contributed by atoms with Crippen molar-refractivity contribution in [2.75, 3.05) is 32.1 Å². The van der Waals surface area contributed by atoms with Gasteiger partial charge >= 0.3 is 0 Å². The zero-order chi connectivity index (χ0) is 10.5. The zero-order valence-electron chi connectivity index (χ0n) is 7.99. The van der Waals surface area contributed by atoms with Gasteiger partial charge in [-0.05, 0) is 0 Å². The molecule has 0 atom stereocenters. The third-order valence-electron chi connectivity index (χ3n) is 1.58. The fourth-order valence-corrected chi connectivity index (χ4v) is 1.33. The number of carbonyl (C=O) groups is 1. The summed E-state index contributed by atoms with van der Waals surface area (Å²) in [6, 6.07) is 0. The minimum atomic E-state index is -3.05. The number of sulfone groups is 1. The first kappa shape index (κ1) is 12.4. The standard InChI is InChI=1S/C7H16N2O3S/c1-9(5-4-8)7(10)3-6-13(2,11)12/h3-6,8H2,1-2H3. The van der Waals surface area contributed by atoms with E-state index in [1.165, 1.54) is 4.90 Å². The van der Waals surface area contributed by atoms with Crippen LogP contribution >= 0.6 is 0 Å². The summed E-state index contributed by atoms with van der Waals surface area (Å²) in [6.07, 6.45) is 1.15. The van der Waals surface area contributed by atoms with Gasteiger partial charge in [-0.25, -0.2) is 8.42 Å². The molecule has 0 rings (SSSR count). The van der Waals surface area contributed by atoms with Crippen LogP contribution in [0.5, 0.6) is 0 Å². The first-order valence-electron chi connectivity index (χ1n) is 3.98. The Hall–Kier alpha value is -0.620. The van der Waals surface area contributed by atoms with Crippen LogP contribution in [0.3, 0.4) is 0 Å². The molecule has 78 valence electrons. The first-order chi connectivity index (χ1) is 5.87. The SMILES string of the molecule is CN(CCN)C(=O)CCS(C)(=O)=O. The highest BCUT2D eigenvalue weighted by molar-refractivity contribution is 7.90. The summed E-state index contributed by atoms with van der Waals surface area (Å²) in [6.45, 7) is 0.851. The Bertz CT molecular complexity index is 261. The molecule has 6 heteroatoms. The number of carbonyl (C=O) groups excluding carboxylic acids is 1. The van der Waals surface area contributed by atoms with Crippen molar-refractivity contribution in [3.8, 4) is 0 Å². The Morgan fingerprint density at radius 2 is 2.00 bits per heavy atom. The molecule has 0 aliphatic heterocycles. The number of rotatable bonds is 5. The lowest BCUT2D eigenvalue weighted by molar-refractivity contribution is -0.129. The molecule has 0 aromatic heterocycles. The summed E-state index contributed by atoms with van der Waals surface area (Å²) in [4.78, 5) is 12.6. The minimum absolute atomic E-state index is 0.0370. The van der Waals surface area contributed by atoms with Crippen LogP contribution in [0.1, 0.15) is 6.42 Å². The molecule has 0 fully saturated rings. The predicted octanol–water partition coefficient (Wildman–Crippen LogP) is -1.16. The molecule has 0 unspecified atom stereocenters. The third-order valence-corrected chi connectivity index (χ3v) is 2.52. The van der Waals surface area contributed by atoms with Crippen LogP contribution in [-0.4, -0.2) is 51.4 Å². The van der Waals surface area contributed by atoms with E-state index in [1.54, 1.807) is 7.05 Å². The van der Waals surface area contributed by atoms with Gasteiger partial charge in [-0.2, -0.15) is 0 Å². The van der Waals surface area contributed by atoms with E-state index in [0.717, 1.165) is 6.26 Å². The van der Waals surface area contributed by atoms with Crippen LogP contribution in [-0.2, 0) is 14.6 Å². The molecule has 0 saturated heterocycles. The highest BCUT2D eigenvalue weighted by Crippen LogP contribution is 1.94. The lowest BCUT2D eigenvalue weighted by atomic mass is 10.4. The van der Waals surface area contributed by atoms with Gasteiger partial charge in [0, 0.05) is 32.8 Å². The molecule has 0 saturated carbocycles. The Morgan fingerprint density at radius 3 is 2.38 bits per heavy atom. The smallest absolute Gasteiger partial charge is 0.223 e. The average Bonchev–Trinajstić information content (AvgIpc) is 1.99. The molecule has 0 aliphatic rings. The van der Waals surface area contributed by atoms with Gasteiger partial charge in [-0.3, -0.25) is 4.79 Å². The van der Waals surface area contributed by atoms with Crippen molar-refractivity contribution in [1.29, 1.82) is 0 Å². The van der Waals surface area contributed by atoms with Crippen LogP contribution in [0, 0.1) is 0 Å². The maximum Gasteiger partial charge on any atom is 0.223 e. The second kappa shape index (κ2) is 5.18. The van der Waals surface area contributed by atoms with E-state index in [-0.39, 0.29) is 18.1 Å². The van der Waals surface area contributed by atoms with Crippen molar-refractivity contribution in [3.63, 3.8) is 0 Å². The average molecular weight is 208 g/mol. The molecule has 0 spiro atoms. The Balaban J connectivity index is 3.88. The van der Waals surface area contributed by atoms with E-state index in [1.807, 2.05) is 0 Å². The van der Waals surface area contributed by atoms with Gasteiger partial charge in [0.1, 0.15) is 9.84 Å². The van der Waals surface area contributed by atoms with E-state index in [2.05, 4.69) is 0 Å². The van der Waals surface area contributed by atoms with Crippen molar-refractivity contribution >= 4 is 15.7 Å². The lowest BCUT2D eigenvalue weighted by Gasteiger charge is -2.15. The van der Waals surface area contributed by atoms with E-state index >= 15 is 0 Å². The number of nitrogens with zero attached hydrogens (tertiary/aromatic N) is 1. The number of hydrogen-bond donors (Lipinski definition) is 1. The Morgan fingerprint density at radius 1 is 1.46 bits per heavy atom. The summed E-state index contributed by atoms with van der Waals surface area (Å²) in [5, 5.41) is 0. The van der Waals surface area contributed by atoms with Crippen molar-refractivity contribution < 1.29 is 13.2 Å². The van der Waals surface area contributed by atoms with Crippen LogP contribution in [0.25, 0.3) is 0 Å². The highest BCUT2D eigenvalue weighted by Gasteiger charge is 2.11. The van der Waals surface area contributed by atoms with Crippen LogP contribution in [0.4, 0.5) is 0 Å². The molecular formula is C7H16N2O3S. The second-order valence-corrected chi connectivity index (χ2v) is 5.24. The van der Waals surface area contributed by atoms with Crippen molar-refractivity contribution in [3.05, 3.63) is 0 Å². The fourth-order valence-electron chi connectivity index (χ4n) is 0.782. The second-order valence-electron chi connectivity index (χ2n) is 2.98. The molecule has 0 bridgehead atoms. The monoisotopic (exact) mass is 208 g/mol. The van der Waals surface area contributed by atoms with Crippen LogP contribution in [0.2, 0.25) is 0 Å². The molecule has 0 aliphatic carbocycles. The van der Waals surface area contributed by atoms with Crippen molar-refractivity contribution in [2.24, 2.45) is 5.73 Å². The predicted molar refractivity (Wildman–Crippen MR) is 51.0 cm³/mol. The molecule has 0 aromatic rings. The van der Waals surface area contributed by atoms with Crippen molar-refractivity contribution in [1.82, 2.24) is 4.90 Å². The maximum atomic E-state index is 11.2. The van der Waals surface area contributed by atoms with Gasteiger partial charge in [-0.1, -0.05) is 0 Å². The van der Waals surface area contributed by atoms with Gasteiger partial charge in [0.25, 0.3) is 0 Å². The Labute approximate surface area is 78.8 Å². The van der Waals surface area contributed by atoms with Crippen molar-refractivity contribution in [2.45, 2.75) is 6.42 Å². The number of hydrogen-bond acceptors (Lipinski definition) is 4. The summed E-state index contributed by atoms with van der Waals surface area (Å²) >= 11 is 0. The highest BCUT2D eigenvalue weighted by atomic mass is 32.2. The van der Waals surface area contributed by atoms with Gasteiger partial charge in [0.2, 0.25) is 5.91 Å². The summed E-state index contributed by atoms with van der Waals surface area (Å²) in [5.41, 5.74) is 5.24. The van der Waals surface area contributed by atoms with Gasteiger partial charge in [0.15, 0.2) is 0 Å². The van der Waals surface area contributed by atoms with Crippen LogP contribution in [0.15, 0.2) is 0 Å². The number of likely N-dealkylation sites (N-methyl/N-ethyl adjacent to an activating group) is 1.